The molecule has 6 heteroatoms. The fourth-order valence-corrected chi connectivity index (χ4v) is 4.75. The lowest BCUT2D eigenvalue weighted by atomic mass is 9.95. The largest absolute Gasteiger partial charge is 0.507 e. The van der Waals surface area contributed by atoms with Crippen LogP contribution in [-0.2, 0) is 16.0 Å². The Hall–Kier alpha value is -4.19. The first-order valence-corrected chi connectivity index (χ1v) is 11.3. The third-order valence-electron chi connectivity index (χ3n) is 6.49. The van der Waals surface area contributed by atoms with Gasteiger partial charge >= 0.3 is 0 Å². The van der Waals surface area contributed by atoms with Crippen LogP contribution in [0.2, 0.25) is 0 Å². The van der Waals surface area contributed by atoms with E-state index in [0.717, 1.165) is 33.2 Å². The van der Waals surface area contributed by atoms with Crippen LogP contribution < -0.4 is 0 Å². The van der Waals surface area contributed by atoms with Crippen LogP contribution in [0.25, 0.3) is 16.7 Å². The normalized spacial score (nSPS) is 17.6. The number of aromatic nitrogens is 2. The van der Waals surface area contributed by atoms with Crippen molar-refractivity contribution < 1.29 is 14.7 Å². The van der Waals surface area contributed by atoms with E-state index in [1.165, 1.54) is 6.20 Å². The summed E-state index contributed by atoms with van der Waals surface area (Å²) < 4.78 is 0. The lowest BCUT2D eigenvalue weighted by Crippen LogP contribution is -2.31. The number of rotatable bonds is 5. The van der Waals surface area contributed by atoms with Gasteiger partial charge in [0.1, 0.15) is 5.76 Å². The Bertz CT molecular complexity index is 1420. The molecule has 1 amide bonds. The van der Waals surface area contributed by atoms with Crippen molar-refractivity contribution in [3.8, 4) is 0 Å². The molecule has 2 N–H and O–H groups in total. The lowest BCUT2D eigenvalue weighted by molar-refractivity contribution is -0.139. The number of aliphatic hydroxyl groups is 1. The van der Waals surface area contributed by atoms with Crippen molar-refractivity contribution in [3.05, 3.63) is 107 Å². The van der Waals surface area contributed by atoms with Crippen molar-refractivity contribution in [1.29, 1.82) is 0 Å². The molecular formula is C28H25N3O3. The summed E-state index contributed by atoms with van der Waals surface area (Å²) in [6.07, 6.45) is 5.62. The van der Waals surface area contributed by atoms with Crippen molar-refractivity contribution in [2.24, 2.45) is 0 Å². The minimum absolute atomic E-state index is 0.0944. The molecule has 0 radical (unpaired) electrons. The molecule has 0 aliphatic carbocycles. The zero-order valence-corrected chi connectivity index (χ0v) is 19.1. The Morgan fingerprint density at radius 3 is 2.59 bits per heavy atom. The van der Waals surface area contributed by atoms with Gasteiger partial charge in [-0.2, -0.15) is 0 Å². The van der Waals surface area contributed by atoms with E-state index >= 15 is 0 Å². The first-order valence-electron chi connectivity index (χ1n) is 11.3. The lowest BCUT2D eigenvalue weighted by Gasteiger charge is -2.25. The van der Waals surface area contributed by atoms with Crippen LogP contribution in [0.4, 0.5) is 0 Å². The molecule has 3 heterocycles. The van der Waals surface area contributed by atoms with Gasteiger partial charge in [-0.05, 0) is 55.2 Å². The van der Waals surface area contributed by atoms with Gasteiger partial charge in [0, 0.05) is 41.6 Å². The Kier molecular flexibility index (Phi) is 5.49. The number of amides is 1. The number of benzene rings is 2. The number of carbonyl (C=O) groups excluding carboxylic acids is 2. The van der Waals surface area contributed by atoms with Crippen LogP contribution in [-0.4, -0.2) is 38.2 Å². The third-order valence-corrected chi connectivity index (χ3v) is 6.49. The molecular weight excluding hydrogens is 426 g/mol. The molecule has 1 fully saturated rings. The van der Waals surface area contributed by atoms with Crippen LogP contribution in [0.1, 0.15) is 33.9 Å². The maximum atomic E-state index is 13.2. The molecule has 1 atom stereocenters. The molecule has 2 aromatic carbocycles. The highest BCUT2D eigenvalue weighted by Gasteiger charge is 2.45. The summed E-state index contributed by atoms with van der Waals surface area (Å²) in [5.74, 6) is -1.49. The van der Waals surface area contributed by atoms with E-state index in [-0.39, 0.29) is 11.3 Å². The molecule has 1 unspecified atom stereocenters. The number of H-pyrrole nitrogens is 1. The van der Waals surface area contributed by atoms with Crippen molar-refractivity contribution in [1.82, 2.24) is 14.9 Å². The summed E-state index contributed by atoms with van der Waals surface area (Å²) in [7, 11) is 0. The second-order valence-electron chi connectivity index (χ2n) is 8.71. The number of carbonyl (C=O) groups is 2. The summed E-state index contributed by atoms with van der Waals surface area (Å²) >= 11 is 0. The third kappa shape index (κ3) is 3.67. The van der Waals surface area contributed by atoms with E-state index in [2.05, 4.69) is 23.0 Å². The number of ketones is 1. The smallest absolute Gasteiger partial charge is 0.295 e. The Morgan fingerprint density at radius 2 is 1.85 bits per heavy atom. The van der Waals surface area contributed by atoms with E-state index in [1.54, 1.807) is 23.2 Å². The predicted octanol–water partition coefficient (Wildman–Crippen LogP) is 4.84. The van der Waals surface area contributed by atoms with Crippen LogP contribution in [0.5, 0.6) is 0 Å². The monoisotopic (exact) mass is 451 g/mol. The van der Waals surface area contributed by atoms with Gasteiger partial charge in [-0.15, -0.1) is 0 Å². The topological polar surface area (TPSA) is 86.3 Å². The molecule has 34 heavy (non-hydrogen) atoms. The van der Waals surface area contributed by atoms with Gasteiger partial charge in [-0.1, -0.05) is 42.0 Å². The first kappa shape index (κ1) is 21.6. The average Bonchev–Trinajstić information content (AvgIpc) is 3.38. The Balaban J connectivity index is 1.57. The van der Waals surface area contributed by atoms with Gasteiger partial charge in [0.05, 0.1) is 11.6 Å². The van der Waals surface area contributed by atoms with Gasteiger partial charge in [0.15, 0.2) is 0 Å². The van der Waals surface area contributed by atoms with E-state index in [0.29, 0.717) is 18.5 Å². The number of hydrogen-bond donors (Lipinski definition) is 2. The number of nitrogens with zero attached hydrogens (tertiary/aromatic N) is 2. The van der Waals surface area contributed by atoms with E-state index in [9.17, 15) is 14.7 Å². The highest BCUT2D eigenvalue weighted by molar-refractivity contribution is 6.46. The predicted molar refractivity (Wildman–Crippen MR) is 131 cm³/mol. The number of Topliss-reactive ketones (excluding diaryl/α,β-unsaturated/α-hetero) is 1. The number of pyridine rings is 1. The first-order chi connectivity index (χ1) is 16.5. The van der Waals surface area contributed by atoms with Crippen molar-refractivity contribution >= 4 is 28.4 Å². The summed E-state index contributed by atoms with van der Waals surface area (Å²) in [6.45, 7) is 4.38. The van der Waals surface area contributed by atoms with E-state index in [1.807, 2.05) is 49.5 Å². The Labute approximate surface area is 197 Å². The SMILES string of the molecule is Cc1ccc(C2C(=C(O)c3cccnc3)C(=O)C(=O)N2CCc2c[nH]c3cccc(C)c23)cc1. The fraction of sp³-hybridized carbons (Fsp3) is 0.179. The van der Waals surface area contributed by atoms with Crippen molar-refractivity contribution in [3.63, 3.8) is 0 Å². The van der Waals surface area contributed by atoms with Gasteiger partial charge in [0.2, 0.25) is 0 Å². The average molecular weight is 452 g/mol. The zero-order valence-electron chi connectivity index (χ0n) is 19.1. The molecule has 6 nitrogen and oxygen atoms in total. The molecule has 4 aromatic rings. The number of fused-ring (bicyclic) bond motifs is 1. The maximum Gasteiger partial charge on any atom is 0.295 e. The minimum Gasteiger partial charge on any atom is -0.507 e. The zero-order chi connectivity index (χ0) is 23.8. The van der Waals surface area contributed by atoms with Crippen LogP contribution in [0, 0.1) is 13.8 Å². The molecule has 5 rings (SSSR count). The molecule has 1 aliphatic rings. The molecule has 0 spiro atoms. The minimum atomic E-state index is -0.679. The number of aromatic amines is 1. The second-order valence-corrected chi connectivity index (χ2v) is 8.71. The summed E-state index contributed by atoms with van der Waals surface area (Å²) in [6, 6.07) is 16.5. The van der Waals surface area contributed by atoms with Gasteiger partial charge in [-0.3, -0.25) is 14.6 Å². The summed E-state index contributed by atoms with van der Waals surface area (Å²) in [4.78, 5) is 35.3. The maximum absolute atomic E-state index is 13.2. The molecule has 170 valence electrons. The van der Waals surface area contributed by atoms with Gasteiger partial charge in [0.25, 0.3) is 11.7 Å². The highest BCUT2D eigenvalue weighted by Crippen LogP contribution is 2.39. The molecule has 1 aliphatic heterocycles. The molecule has 0 saturated carbocycles. The number of nitrogens with one attached hydrogen (secondary N) is 1. The van der Waals surface area contributed by atoms with Crippen molar-refractivity contribution in [2.45, 2.75) is 26.3 Å². The summed E-state index contributed by atoms with van der Waals surface area (Å²) in [5, 5.41) is 12.2. The quantitative estimate of drug-likeness (QED) is 0.258. The van der Waals surface area contributed by atoms with Crippen molar-refractivity contribution in [2.75, 3.05) is 6.54 Å². The number of aryl methyl sites for hydroxylation is 2. The number of likely N-dealkylation sites (tertiary alicyclic amines) is 1. The van der Waals surface area contributed by atoms with Crippen LogP contribution in [0.15, 0.2) is 78.8 Å². The van der Waals surface area contributed by atoms with Crippen LogP contribution in [0.3, 0.4) is 0 Å². The van der Waals surface area contributed by atoms with Gasteiger partial charge < -0.3 is 15.0 Å². The standard InChI is InChI=1S/C28H25N3O3/c1-17-8-10-19(11-9-17)25-24(26(32)21-6-4-13-29-15-21)27(33)28(34)31(25)14-12-20-16-30-22-7-3-5-18(2)23(20)22/h3-11,13,15-16,25,30,32H,12,14H2,1-2H3. The van der Waals surface area contributed by atoms with Crippen LogP contribution >= 0.6 is 0 Å². The van der Waals surface area contributed by atoms with E-state index in [4.69, 9.17) is 0 Å². The molecule has 0 bridgehead atoms. The molecule has 2 aromatic heterocycles. The second kappa shape index (κ2) is 8.63. The Morgan fingerprint density at radius 1 is 1.06 bits per heavy atom. The number of hydrogen-bond acceptors (Lipinski definition) is 4. The molecule has 1 saturated heterocycles. The van der Waals surface area contributed by atoms with Gasteiger partial charge in [-0.25, -0.2) is 0 Å². The fourth-order valence-electron chi connectivity index (χ4n) is 4.75. The summed E-state index contributed by atoms with van der Waals surface area (Å²) in [5.41, 5.74) is 5.64. The number of aliphatic hydroxyl groups excluding tert-OH is 1. The van der Waals surface area contributed by atoms with E-state index < -0.39 is 17.7 Å². The highest BCUT2D eigenvalue weighted by atomic mass is 16.3.